The van der Waals surface area contributed by atoms with Crippen LogP contribution in [0.4, 0.5) is 5.69 Å². The number of amides is 1. The van der Waals surface area contributed by atoms with Crippen LogP contribution in [0.25, 0.3) is 0 Å². The summed E-state index contributed by atoms with van der Waals surface area (Å²) in [5.41, 5.74) is 1.77. The first kappa shape index (κ1) is 15.4. The van der Waals surface area contributed by atoms with Gasteiger partial charge >= 0.3 is 0 Å². The zero-order valence-corrected chi connectivity index (χ0v) is 14.4. The summed E-state index contributed by atoms with van der Waals surface area (Å²) < 4.78 is 6.59. The summed E-state index contributed by atoms with van der Waals surface area (Å²) in [5.74, 6) is 0.689. The average molecular weight is 381 g/mol. The maximum absolute atomic E-state index is 12.7. The molecule has 1 aliphatic rings. The first-order valence-electron chi connectivity index (χ1n) is 6.99. The molecule has 0 saturated carbocycles. The van der Waals surface area contributed by atoms with E-state index in [9.17, 15) is 4.79 Å². The molecule has 3 nitrogen and oxygen atoms in total. The lowest BCUT2D eigenvalue weighted by Crippen LogP contribution is -2.38. The molecule has 0 bridgehead atoms. The van der Waals surface area contributed by atoms with Crippen LogP contribution in [0.5, 0.6) is 5.75 Å². The smallest absolute Gasteiger partial charge is 0.233 e. The van der Waals surface area contributed by atoms with Crippen LogP contribution in [0, 0.1) is 5.92 Å². The van der Waals surface area contributed by atoms with E-state index in [-0.39, 0.29) is 11.8 Å². The summed E-state index contributed by atoms with van der Waals surface area (Å²) in [6.45, 7) is 0.397. The molecule has 5 heteroatoms. The quantitative estimate of drug-likeness (QED) is 0.776. The number of benzene rings is 2. The largest absolute Gasteiger partial charge is 0.492 e. The zero-order valence-electron chi connectivity index (χ0n) is 12.1. The number of nitrogens with zero attached hydrogens (tertiary/aromatic N) is 1. The molecular weight excluding hydrogens is 366 g/mol. The van der Waals surface area contributed by atoms with Gasteiger partial charge in [-0.2, -0.15) is 0 Å². The molecule has 2 aromatic carbocycles. The molecule has 3 rings (SSSR count). The lowest BCUT2D eigenvalue weighted by molar-refractivity contribution is -0.123. The second kappa shape index (κ2) is 6.31. The highest BCUT2D eigenvalue weighted by molar-refractivity contribution is 9.10. The van der Waals surface area contributed by atoms with Gasteiger partial charge in [0.25, 0.3) is 0 Å². The average Bonchev–Trinajstić information content (AvgIpc) is 2.53. The first-order chi connectivity index (χ1) is 10.6. The standard InChI is InChI=1S/C17H15BrClNO2/c1-20(15-7-6-13(18)9-14(15)19)17(21)12-8-11-4-2-3-5-16(11)22-10-12/h2-7,9,12H,8,10H2,1H3. The van der Waals surface area contributed by atoms with E-state index in [0.717, 1.165) is 15.8 Å². The summed E-state index contributed by atoms with van der Waals surface area (Å²) in [5, 5.41) is 0.544. The SMILES string of the molecule is CN(C(=O)C1COc2ccccc2C1)c1ccc(Br)cc1Cl. The predicted octanol–water partition coefficient (Wildman–Crippen LogP) is 4.32. The van der Waals surface area contributed by atoms with Crippen molar-refractivity contribution < 1.29 is 9.53 Å². The third-order valence-corrected chi connectivity index (χ3v) is 4.63. The Labute approximate surface area is 143 Å². The molecule has 0 aliphatic carbocycles. The molecule has 2 aromatic rings. The molecule has 22 heavy (non-hydrogen) atoms. The highest BCUT2D eigenvalue weighted by Crippen LogP contribution is 2.32. The van der Waals surface area contributed by atoms with Crippen molar-refractivity contribution in [3.8, 4) is 5.75 Å². The minimum Gasteiger partial charge on any atom is -0.492 e. The van der Waals surface area contributed by atoms with Gasteiger partial charge in [0.05, 0.1) is 16.6 Å². The Bertz CT molecular complexity index is 720. The normalized spacial score (nSPS) is 16.6. The highest BCUT2D eigenvalue weighted by Gasteiger charge is 2.29. The van der Waals surface area contributed by atoms with Gasteiger partial charge in [-0.05, 0) is 36.2 Å². The molecule has 1 heterocycles. The van der Waals surface area contributed by atoms with Gasteiger partial charge in [0.2, 0.25) is 5.91 Å². The molecule has 114 valence electrons. The number of fused-ring (bicyclic) bond motifs is 1. The fourth-order valence-corrected chi connectivity index (χ4v) is 3.43. The Kier molecular flexibility index (Phi) is 4.41. The first-order valence-corrected chi connectivity index (χ1v) is 8.16. The van der Waals surface area contributed by atoms with Crippen LogP contribution in [0.15, 0.2) is 46.9 Å². The van der Waals surface area contributed by atoms with Crippen molar-refractivity contribution in [1.29, 1.82) is 0 Å². The molecule has 1 unspecified atom stereocenters. The van der Waals surface area contributed by atoms with Gasteiger partial charge in [0.15, 0.2) is 0 Å². The van der Waals surface area contributed by atoms with Crippen molar-refractivity contribution in [2.24, 2.45) is 5.92 Å². The fraction of sp³-hybridized carbons (Fsp3) is 0.235. The van der Waals surface area contributed by atoms with Crippen LogP contribution >= 0.6 is 27.5 Å². The Hall–Kier alpha value is -1.52. The molecule has 1 amide bonds. The van der Waals surface area contributed by atoms with E-state index in [1.165, 1.54) is 0 Å². The van der Waals surface area contributed by atoms with Gasteiger partial charge in [-0.25, -0.2) is 0 Å². The minimum atomic E-state index is -0.195. The molecule has 0 radical (unpaired) electrons. The second-order valence-corrected chi connectivity index (χ2v) is 6.64. The molecule has 1 aliphatic heterocycles. The van der Waals surface area contributed by atoms with Crippen molar-refractivity contribution in [3.63, 3.8) is 0 Å². The van der Waals surface area contributed by atoms with Crippen LogP contribution < -0.4 is 9.64 Å². The Morgan fingerprint density at radius 3 is 2.86 bits per heavy atom. The third kappa shape index (κ3) is 2.99. The van der Waals surface area contributed by atoms with Crippen molar-refractivity contribution >= 4 is 39.1 Å². The van der Waals surface area contributed by atoms with E-state index in [0.29, 0.717) is 23.7 Å². The maximum Gasteiger partial charge on any atom is 0.233 e. The summed E-state index contributed by atoms with van der Waals surface area (Å²) in [6.07, 6.45) is 0.688. The van der Waals surface area contributed by atoms with Crippen molar-refractivity contribution in [3.05, 3.63) is 57.5 Å². The van der Waals surface area contributed by atoms with E-state index < -0.39 is 0 Å². The number of para-hydroxylation sites is 1. The summed E-state index contributed by atoms with van der Waals surface area (Å²) in [6, 6.07) is 13.3. The number of ether oxygens (including phenoxy) is 1. The Balaban J connectivity index is 1.80. The number of hydrogen-bond acceptors (Lipinski definition) is 2. The van der Waals surface area contributed by atoms with E-state index in [1.54, 1.807) is 18.0 Å². The highest BCUT2D eigenvalue weighted by atomic mass is 79.9. The van der Waals surface area contributed by atoms with Crippen LogP contribution in [0.2, 0.25) is 5.02 Å². The Morgan fingerprint density at radius 1 is 1.32 bits per heavy atom. The van der Waals surface area contributed by atoms with Gasteiger partial charge in [-0.3, -0.25) is 4.79 Å². The molecule has 0 N–H and O–H groups in total. The van der Waals surface area contributed by atoms with Gasteiger partial charge < -0.3 is 9.64 Å². The molecule has 0 spiro atoms. The molecular formula is C17H15BrClNO2. The van der Waals surface area contributed by atoms with Crippen LogP contribution in [-0.2, 0) is 11.2 Å². The predicted molar refractivity (Wildman–Crippen MR) is 91.7 cm³/mol. The second-order valence-electron chi connectivity index (χ2n) is 5.31. The lowest BCUT2D eigenvalue weighted by atomic mass is 9.95. The molecule has 0 aromatic heterocycles. The van der Waals surface area contributed by atoms with E-state index in [1.807, 2.05) is 36.4 Å². The number of carbonyl (C=O) groups is 1. The fourth-order valence-electron chi connectivity index (χ4n) is 2.63. The van der Waals surface area contributed by atoms with Crippen LogP contribution in [0.1, 0.15) is 5.56 Å². The molecule has 0 fully saturated rings. The number of carbonyl (C=O) groups excluding carboxylic acids is 1. The van der Waals surface area contributed by atoms with Crippen molar-refractivity contribution in [2.45, 2.75) is 6.42 Å². The van der Waals surface area contributed by atoms with E-state index in [4.69, 9.17) is 16.3 Å². The zero-order chi connectivity index (χ0) is 15.7. The van der Waals surface area contributed by atoms with E-state index >= 15 is 0 Å². The minimum absolute atomic E-state index is 0.0127. The monoisotopic (exact) mass is 379 g/mol. The number of anilines is 1. The van der Waals surface area contributed by atoms with Gasteiger partial charge in [0.1, 0.15) is 12.4 Å². The van der Waals surface area contributed by atoms with Crippen molar-refractivity contribution in [2.75, 3.05) is 18.6 Å². The third-order valence-electron chi connectivity index (χ3n) is 3.83. The Morgan fingerprint density at radius 2 is 2.09 bits per heavy atom. The van der Waals surface area contributed by atoms with Gasteiger partial charge in [-0.1, -0.05) is 45.7 Å². The number of hydrogen-bond donors (Lipinski definition) is 0. The number of rotatable bonds is 2. The van der Waals surface area contributed by atoms with E-state index in [2.05, 4.69) is 15.9 Å². The topological polar surface area (TPSA) is 29.5 Å². The maximum atomic E-state index is 12.7. The molecule has 1 atom stereocenters. The number of halogens is 2. The lowest BCUT2D eigenvalue weighted by Gasteiger charge is -2.28. The molecule has 0 saturated heterocycles. The summed E-state index contributed by atoms with van der Waals surface area (Å²) in [7, 11) is 1.75. The summed E-state index contributed by atoms with van der Waals surface area (Å²) >= 11 is 9.60. The van der Waals surface area contributed by atoms with Gasteiger partial charge in [-0.15, -0.1) is 0 Å². The van der Waals surface area contributed by atoms with Crippen LogP contribution in [-0.4, -0.2) is 19.6 Å². The van der Waals surface area contributed by atoms with Crippen molar-refractivity contribution in [1.82, 2.24) is 0 Å². The van der Waals surface area contributed by atoms with Crippen LogP contribution in [0.3, 0.4) is 0 Å². The summed E-state index contributed by atoms with van der Waals surface area (Å²) in [4.78, 5) is 14.3. The van der Waals surface area contributed by atoms with Gasteiger partial charge in [0, 0.05) is 11.5 Å².